The summed E-state index contributed by atoms with van der Waals surface area (Å²) in [4.78, 5) is 2.10. The molecule has 1 aromatic heterocycles. The lowest BCUT2D eigenvalue weighted by Crippen LogP contribution is -2.45. The Labute approximate surface area is 99.7 Å². The van der Waals surface area contributed by atoms with E-state index < -0.39 is 0 Å². The van der Waals surface area contributed by atoms with Gasteiger partial charge in [-0.05, 0) is 13.3 Å². The van der Waals surface area contributed by atoms with Crippen molar-refractivity contribution in [3.05, 3.63) is 5.89 Å². The lowest BCUT2D eigenvalue weighted by atomic mass is 10.2. The number of morpholine rings is 1. The van der Waals surface area contributed by atoms with Crippen LogP contribution in [-0.4, -0.2) is 36.0 Å². The first-order valence-electron chi connectivity index (χ1n) is 5.54. The number of alkyl halides is 1. The lowest BCUT2D eigenvalue weighted by Gasteiger charge is -2.33. The van der Waals surface area contributed by atoms with Crippen LogP contribution in [0.1, 0.15) is 31.5 Å². The summed E-state index contributed by atoms with van der Waals surface area (Å²) in [6.07, 6.45) is 0.994. The van der Waals surface area contributed by atoms with E-state index in [0.717, 1.165) is 13.0 Å². The summed E-state index contributed by atoms with van der Waals surface area (Å²) in [5.74, 6) is 0.470. The number of nitrogens with zero attached hydrogens (tertiary/aromatic N) is 3. The summed E-state index contributed by atoms with van der Waals surface area (Å²) >= 11 is 5.89. The highest BCUT2D eigenvalue weighted by Crippen LogP contribution is 2.24. The Bertz CT molecular complexity index is 343. The average Bonchev–Trinajstić information content (AvgIpc) is 2.78. The third-order valence-corrected chi connectivity index (χ3v) is 2.90. The van der Waals surface area contributed by atoms with Gasteiger partial charge in [0.25, 0.3) is 0 Å². The molecule has 0 aromatic carbocycles. The van der Waals surface area contributed by atoms with Gasteiger partial charge in [-0.1, -0.05) is 12.0 Å². The molecule has 0 N–H and O–H groups in total. The van der Waals surface area contributed by atoms with E-state index in [1.54, 1.807) is 0 Å². The predicted molar refractivity (Wildman–Crippen MR) is 60.8 cm³/mol. The van der Waals surface area contributed by atoms with Crippen molar-refractivity contribution in [1.29, 1.82) is 0 Å². The molecule has 16 heavy (non-hydrogen) atoms. The molecule has 90 valence electrons. The highest BCUT2D eigenvalue weighted by molar-refractivity contribution is 6.20. The Kier molecular flexibility index (Phi) is 3.66. The van der Waals surface area contributed by atoms with Gasteiger partial charge in [-0.2, -0.15) is 0 Å². The molecule has 1 saturated heterocycles. The Morgan fingerprint density at radius 1 is 1.56 bits per heavy atom. The first-order valence-corrected chi connectivity index (χ1v) is 5.98. The summed E-state index contributed by atoms with van der Waals surface area (Å²) in [5, 5.41) is 7.71. The minimum Gasteiger partial charge on any atom is -0.406 e. The Morgan fingerprint density at radius 3 is 3.00 bits per heavy atom. The topological polar surface area (TPSA) is 51.4 Å². The van der Waals surface area contributed by atoms with Crippen LogP contribution in [-0.2, 0) is 4.74 Å². The number of anilines is 1. The Morgan fingerprint density at radius 2 is 2.38 bits per heavy atom. The molecule has 0 amide bonds. The molecule has 2 rings (SSSR count). The van der Waals surface area contributed by atoms with E-state index in [9.17, 15) is 0 Å². The molecule has 1 fully saturated rings. The Balaban J connectivity index is 2.14. The Hall–Kier alpha value is -0.810. The molecule has 0 bridgehead atoms. The second kappa shape index (κ2) is 5.01. The molecular weight excluding hydrogens is 230 g/mol. The fourth-order valence-electron chi connectivity index (χ4n) is 1.75. The molecular formula is C10H16ClN3O2. The minimum atomic E-state index is -0.248. The maximum atomic E-state index is 5.89. The lowest BCUT2D eigenvalue weighted by molar-refractivity contribution is 0.0899. The SMILES string of the molecule is CCC1COCCN1c1nnc(C(C)Cl)o1. The van der Waals surface area contributed by atoms with E-state index in [1.165, 1.54) is 0 Å². The predicted octanol–water partition coefficient (Wildman–Crippen LogP) is 1.98. The standard InChI is InChI=1S/C10H16ClN3O2/c1-3-8-6-15-5-4-14(8)10-13-12-9(16-10)7(2)11/h7-8H,3-6H2,1-2H3. The van der Waals surface area contributed by atoms with E-state index in [2.05, 4.69) is 22.0 Å². The molecule has 0 spiro atoms. The van der Waals surface area contributed by atoms with Crippen LogP contribution in [0.3, 0.4) is 0 Å². The van der Waals surface area contributed by atoms with E-state index in [1.807, 2.05) is 6.92 Å². The van der Waals surface area contributed by atoms with Gasteiger partial charge in [-0.25, -0.2) is 0 Å². The van der Waals surface area contributed by atoms with Crippen molar-refractivity contribution in [1.82, 2.24) is 10.2 Å². The van der Waals surface area contributed by atoms with Crippen molar-refractivity contribution in [2.45, 2.75) is 31.7 Å². The quantitative estimate of drug-likeness (QED) is 0.763. The first kappa shape index (κ1) is 11.7. The van der Waals surface area contributed by atoms with Crippen LogP contribution >= 0.6 is 11.6 Å². The highest BCUT2D eigenvalue weighted by atomic mass is 35.5. The van der Waals surface area contributed by atoms with Crippen molar-refractivity contribution < 1.29 is 9.15 Å². The van der Waals surface area contributed by atoms with Crippen molar-refractivity contribution in [3.8, 4) is 0 Å². The van der Waals surface area contributed by atoms with Crippen LogP contribution in [0.2, 0.25) is 0 Å². The summed E-state index contributed by atoms with van der Waals surface area (Å²) in [6.45, 7) is 6.13. The number of rotatable bonds is 3. The van der Waals surface area contributed by atoms with Crippen LogP contribution in [0, 0.1) is 0 Å². The van der Waals surface area contributed by atoms with Gasteiger partial charge in [0.2, 0.25) is 5.89 Å². The third-order valence-electron chi connectivity index (χ3n) is 2.71. The highest BCUT2D eigenvalue weighted by Gasteiger charge is 2.26. The molecule has 2 unspecified atom stereocenters. The smallest absolute Gasteiger partial charge is 0.318 e. The number of ether oxygens (including phenoxy) is 1. The molecule has 0 saturated carbocycles. The molecule has 5 nitrogen and oxygen atoms in total. The molecule has 0 radical (unpaired) electrons. The van der Waals surface area contributed by atoms with E-state index in [-0.39, 0.29) is 5.38 Å². The minimum absolute atomic E-state index is 0.248. The maximum absolute atomic E-state index is 5.89. The number of hydrogen-bond acceptors (Lipinski definition) is 5. The van der Waals surface area contributed by atoms with Gasteiger partial charge >= 0.3 is 6.01 Å². The third kappa shape index (κ3) is 2.30. The summed E-state index contributed by atoms with van der Waals surface area (Å²) in [5.41, 5.74) is 0. The summed E-state index contributed by atoms with van der Waals surface area (Å²) < 4.78 is 11.0. The van der Waals surface area contributed by atoms with Crippen molar-refractivity contribution in [2.24, 2.45) is 0 Å². The van der Waals surface area contributed by atoms with E-state index in [0.29, 0.717) is 31.2 Å². The van der Waals surface area contributed by atoms with Gasteiger partial charge < -0.3 is 14.1 Å². The maximum Gasteiger partial charge on any atom is 0.318 e. The second-order valence-corrected chi connectivity index (χ2v) is 4.52. The van der Waals surface area contributed by atoms with E-state index in [4.69, 9.17) is 20.8 Å². The molecule has 1 aliphatic heterocycles. The molecule has 6 heteroatoms. The second-order valence-electron chi connectivity index (χ2n) is 3.87. The zero-order valence-electron chi connectivity index (χ0n) is 9.52. The monoisotopic (exact) mass is 245 g/mol. The largest absolute Gasteiger partial charge is 0.406 e. The van der Waals surface area contributed by atoms with Crippen molar-refractivity contribution in [2.75, 3.05) is 24.7 Å². The zero-order valence-corrected chi connectivity index (χ0v) is 10.3. The fourth-order valence-corrected chi connectivity index (χ4v) is 1.84. The number of halogens is 1. The van der Waals surface area contributed by atoms with Crippen molar-refractivity contribution in [3.63, 3.8) is 0 Å². The van der Waals surface area contributed by atoms with Gasteiger partial charge in [0.05, 0.1) is 19.3 Å². The van der Waals surface area contributed by atoms with Crippen LogP contribution in [0.15, 0.2) is 4.42 Å². The van der Waals surface area contributed by atoms with Gasteiger partial charge in [0, 0.05) is 6.54 Å². The molecule has 1 aliphatic rings. The first-order chi connectivity index (χ1) is 7.72. The van der Waals surface area contributed by atoms with Crippen LogP contribution < -0.4 is 4.90 Å². The average molecular weight is 246 g/mol. The van der Waals surface area contributed by atoms with Crippen LogP contribution in [0.25, 0.3) is 0 Å². The van der Waals surface area contributed by atoms with Crippen molar-refractivity contribution >= 4 is 17.6 Å². The van der Waals surface area contributed by atoms with Crippen LogP contribution in [0.5, 0.6) is 0 Å². The fraction of sp³-hybridized carbons (Fsp3) is 0.800. The molecule has 2 atom stereocenters. The summed E-state index contributed by atoms with van der Waals surface area (Å²) in [6, 6.07) is 0.866. The molecule has 1 aromatic rings. The normalized spacial score (nSPS) is 23.4. The molecule has 2 heterocycles. The van der Waals surface area contributed by atoms with Gasteiger partial charge in [-0.15, -0.1) is 16.7 Å². The van der Waals surface area contributed by atoms with E-state index >= 15 is 0 Å². The molecule has 0 aliphatic carbocycles. The van der Waals surface area contributed by atoms with Gasteiger partial charge in [-0.3, -0.25) is 0 Å². The van der Waals surface area contributed by atoms with Crippen LogP contribution in [0.4, 0.5) is 6.01 Å². The zero-order chi connectivity index (χ0) is 11.5. The number of aromatic nitrogens is 2. The van der Waals surface area contributed by atoms with Gasteiger partial charge in [0.15, 0.2) is 0 Å². The number of hydrogen-bond donors (Lipinski definition) is 0. The summed E-state index contributed by atoms with van der Waals surface area (Å²) in [7, 11) is 0. The van der Waals surface area contributed by atoms with Gasteiger partial charge in [0.1, 0.15) is 5.38 Å².